The summed E-state index contributed by atoms with van der Waals surface area (Å²) in [4.78, 5) is 72.9. The van der Waals surface area contributed by atoms with Gasteiger partial charge in [0.1, 0.15) is 19.3 Å². The van der Waals surface area contributed by atoms with E-state index < -0.39 is 97.5 Å². The molecule has 0 aliphatic rings. The third kappa shape index (κ3) is 70.5. The lowest BCUT2D eigenvalue weighted by atomic mass is 10.0. The Balaban J connectivity index is 5.25. The molecule has 96 heavy (non-hydrogen) atoms. The molecule has 3 N–H and O–H groups in total. The van der Waals surface area contributed by atoms with Crippen molar-refractivity contribution in [2.24, 2.45) is 17.8 Å². The molecule has 0 saturated heterocycles. The average Bonchev–Trinajstić information content (AvgIpc) is 2.11. The number of hydrogen-bond donors (Lipinski definition) is 3. The quantitative estimate of drug-likeness (QED) is 0.0222. The first-order valence-electron chi connectivity index (χ1n) is 39.8. The molecule has 5 atom stereocenters. The minimum Gasteiger partial charge on any atom is -0.462 e. The van der Waals surface area contributed by atoms with Gasteiger partial charge in [-0.3, -0.25) is 37.3 Å². The molecule has 0 bridgehead atoms. The largest absolute Gasteiger partial charge is 0.472 e. The number of aliphatic hydroxyl groups is 1. The number of hydrogen-bond acceptors (Lipinski definition) is 15. The summed E-state index contributed by atoms with van der Waals surface area (Å²) in [6.45, 7) is 11.9. The van der Waals surface area contributed by atoms with Gasteiger partial charge in [-0.25, -0.2) is 9.13 Å². The second-order valence-electron chi connectivity index (χ2n) is 29.2. The number of phosphoric acid groups is 2. The van der Waals surface area contributed by atoms with Crippen LogP contribution in [0.5, 0.6) is 0 Å². The maximum absolute atomic E-state index is 13.1. The van der Waals surface area contributed by atoms with Gasteiger partial charge < -0.3 is 33.8 Å². The van der Waals surface area contributed by atoms with E-state index in [1.165, 1.54) is 205 Å². The Morgan fingerprint density at radius 2 is 0.479 bits per heavy atom. The Kier molecular flexibility index (Phi) is 66.2. The maximum atomic E-state index is 13.1. The van der Waals surface area contributed by atoms with Gasteiger partial charge in [0.05, 0.1) is 26.4 Å². The highest BCUT2D eigenvalue weighted by Crippen LogP contribution is 2.45. The van der Waals surface area contributed by atoms with Gasteiger partial charge in [-0.05, 0) is 43.4 Å². The number of phosphoric ester groups is 2. The molecule has 0 heterocycles. The van der Waals surface area contributed by atoms with Crippen molar-refractivity contribution < 1.29 is 80.2 Å². The molecule has 570 valence electrons. The minimum absolute atomic E-state index is 0.106. The maximum Gasteiger partial charge on any atom is 0.472 e. The summed E-state index contributed by atoms with van der Waals surface area (Å²) in [7, 11) is -9.91. The molecule has 0 aromatic heterocycles. The summed E-state index contributed by atoms with van der Waals surface area (Å²) in [6, 6.07) is 0. The number of aliphatic hydroxyl groups excluding tert-OH is 1. The van der Waals surface area contributed by atoms with E-state index in [2.05, 4.69) is 48.5 Å². The van der Waals surface area contributed by atoms with Crippen molar-refractivity contribution in [2.75, 3.05) is 39.6 Å². The van der Waals surface area contributed by atoms with Crippen molar-refractivity contribution in [3.05, 3.63) is 0 Å². The first-order valence-corrected chi connectivity index (χ1v) is 42.8. The van der Waals surface area contributed by atoms with Gasteiger partial charge in [-0.2, -0.15) is 0 Å². The van der Waals surface area contributed by atoms with Gasteiger partial charge in [0.25, 0.3) is 0 Å². The van der Waals surface area contributed by atoms with Crippen molar-refractivity contribution in [3.8, 4) is 0 Å². The van der Waals surface area contributed by atoms with E-state index in [-0.39, 0.29) is 25.7 Å². The van der Waals surface area contributed by atoms with Crippen molar-refractivity contribution in [1.82, 2.24) is 0 Å². The van der Waals surface area contributed by atoms with Crippen LogP contribution in [-0.2, 0) is 65.4 Å². The van der Waals surface area contributed by atoms with E-state index in [9.17, 15) is 43.2 Å². The van der Waals surface area contributed by atoms with Crippen molar-refractivity contribution in [3.63, 3.8) is 0 Å². The fourth-order valence-corrected chi connectivity index (χ4v) is 13.4. The van der Waals surface area contributed by atoms with Crippen molar-refractivity contribution in [2.45, 2.75) is 414 Å². The summed E-state index contributed by atoms with van der Waals surface area (Å²) >= 11 is 0. The second-order valence-corrected chi connectivity index (χ2v) is 32.1. The highest BCUT2D eigenvalue weighted by molar-refractivity contribution is 7.47. The third-order valence-corrected chi connectivity index (χ3v) is 19.8. The van der Waals surface area contributed by atoms with Gasteiger partial charge >= 0.3 is 39.5 Å². The molecule has 0 aromatic rings. The van der Waals surface area contributed by atoms with E-state index in [1.807, 2.05) is 0 Å². The van der Waals surface area contributed by atoms with Crippen molar-refractivity contribution >= 4 is 39.5 Å². The molecule has 0 spiro atoms. The van der Waals surface area contributed by atoms with Crippen LogP contribution >= 0.6 is 15.6 Å². The zero-order valence-corrected chi connectivity index (χ0v) is 64.6. The van der Waals surface area contributed by atoms with Crippen LogP contribution in [-0.4, -0.2) is 96.7 Å². The van der Waals surface area contributed by atoms with Gasteiger partial charge in [0.15, 0.2) is 12.2 Å². The number of carbonyl (C=O) groups excluding carboxylic acids is 4. The van der Waals surface area contributed by atoms with Crippen LogP contribution in [0.25, 0.3) is 0 Å². The molecule has 0 aliphatic carbocycles. The number of ether oxygens (including phenoxy) is 4. The van der Waals surface area contributed by atoms with Crippen LogP contribution in [0.1, 0.15) is 395 Å². The summed E-state index contributed by atoms with van der Waals surface area (Å²) in [5.74, 6) is 0.195. The topological polar surface area (TPSA) is 237 Å². The summed E-state index contributed by atoms with van der Waals surface area (Å²) in [5, 5.41) is 10.6. The normalized spacial score (nSPS) is 14.1. The van der Waals surface area contributed by atoms with Gasteiger partial charge in [0, 0.05) is 25.7 Å². The number of unbranched alkanes of at least 4 members (excludes halogenated alkanes) is 43. The molecule has 0 aliphatic heterocycles. The van der Waals surface area contributed by atoms with Crippen LogP contribution in [0.2, 0.25) is 0 Å². The highest BCUT2D eigenvalue weighted by atomic mass is 31.2. The number of rotatable bonds is 75. The lowest BCUT2D eigenvalue weighted by molar-refractivity contribution is -0.161. The zero-order valence-electron chi connectivity index (χ0n) is 62.8. The lowest BCUT2D eigenvalue weighted by Gasteiger charge is -2.21. The van der Waals surface area contributed by atoms with Crippen LogP contribution in [0.4, 0.5) is 0 Å². The van der Waals surface area contributed by atoms with Gasteiger partial charge in [-0.1, -0.05) is 344 Å². The van der Waals surface area contributed by atoms with E-state index in [1.54, 1.807) is 0 Å². The van der Waals surface area contributed by atoms with Crippen LogP contribution < -0.4 is 0 Å². The first kappa shape index (κ1) is 94.1. The zero-order chi connectivity index (χ0) is 70.9. The van der Waals surface area contributed by atoms with E-state index >= 15 is 0 Å². The fraction of sp³-hybridized carbons (Fsp3) is 0.948. The van der Waals surface area contributed by atoms with Gasteiger partial charge in [-0.15, -0.1) is 0 Å². The molecular weight excluding hydrogens is 1260 g/mol. The van der Waals surface area contributed by atoms with Gasteiger partial charge in [0.2, 0.25) is 0 Å². The third-order valence-electron chi connectivity index (χ3n) is 17.9. The molecular formula is C77H150O17P2. The average molecular weight is 1410 g/mol. The summed E-state index contributed by atoms with van der Waals surface area (Å²) < 4.78 is 68.6. The molecule has 19 heteroatoms. The molecule has 17 nitrogen and oxygen atoms in total. The molecule has 0 saturated carbocycles. The Bertz CT molecular complexity index is 1870. The van der Waals surface area contributed by atoms with Crippen LogP contribution in [0.15, 0.2) is 0 Å². The van der Waals surface area contributed by atoms with E-state index in [4.69, 9.17) is 37.0 Å². The SMILES string of the molecule is CCCCCCCCCCCCCCC(=O)OC[C@H](COP(=O)(O)OC[C@H](O)COP(=O)(O)OC[C@@H](COC(=O)CCCCCCCCCCCCCC(C)C)OC(=O)CCCCCCCCCCCCCCCCCC(C)C)OC(=O)CCCCCCCCCCCC(C)C. The summed E-state index contributed by atoms with van der Waals surface area (Å²) in [6.07, 6.45) is 54.0. The molecule has 0 aromatic carbocycles. The Labute approximate surface area is 588 Å². The smallest absolute Gasteiger partial charge is 0.462 e. The monoisotopic (exact) mass is 1410 g/mol. The molecule has 0 fully saturated rings. The predicted molar refractivity (Wildman–Crippen MR) is 391 cm³/mol. The van der Waals surface area contributed by atoms with Crippen molar-refractivity contribution in [1.29, 1.82) is 0 Å². The highest BCUT2D eigenvalue weighted by Gasteiger charge is 2.30. The van der Waals surface area contributed by atoms with Crippen LogP contribution in [0, 0.1) is 17.8 Å². The Hall–Kier alpha value is -1.94. The minimum atomic E-state index is -4.96. The standard InChI is InChI=1S/C77H150O17P2/c1-8-9-10-11-12-13-14-23-30-37-44-51-58-74(79)87-65-73(94-77(82)61-54-47-40-33-26-29-36-43-50-57-70(6)7)67-92-96(85,86)90-63-71(78)62-89-95(83,84)91-66-72(64-88-75(80)59-52-45-38-31-25-20-22-28-35-42-49-56-69(4)5)93-76(81)60-53-46-39-32-24-19-17-15-16-18-21-27-34-41-48-55-68(2)3/h68-73,78H,8-67H2,1-7H3,(H,83,84)(H,85,86)/t71-,72-,73-/m1/s1. The number of carbonyl (C=O) groups is 4. The predicted octanol–water partition coefficient (Wildman–Crippen LogP) is 22.6. The Morgan fingerprint density at radius 1 is 0.281 bits per heavy atom. The Morgan fingerprint density at radius 3 is 0.708 bits per heavy atom. The number of esters is 4. The van der Waals surface area contributed by atoms with Crippen LogP contribution in [0.3, 0.4) is 0 Å². The second kappa shape index (κ2) is 67.5. The molecule has 0 rings (SSSR count). The first-order chi connectivity index (χ1) is 46.2. The molecule has 0 amide bonds. The van der Waals surface area contributed by atoms with E-state index in [0.29, 0.717) is 25.7 Å². The summed E-state index contributed by atoms with van der Waals surface area (Å²) in [5.41, 5.74) is 0. The fourth-order valence-electron chi connectivity index (χ4n) is 11.8. The van der Waals surface area contributed by atoms with E-state index in [0.717, 1.165) is 108 Å². The molecule has 0 radical (unpaired) electrons. The molecule has 2 unspecified atom stereocenters. The lowest BCUT2D eigenvalue weighted by Crippen LogP contribution is -2.30.